The number of nitrogens with one attached hydrogen (secondary N) is 1. The first-order chi connectivity index (χ1) is 18.0. The number of rotatable bonds is 11. The van der Waals surface area contributed by atoms with Gasteiger partial charge in [-0.05, 0) is 61.4 Å². The predicted octanol–water partition coefficient (Wildman–Crippen LogP) is 4.16. The quantitative estimate of drug-likeness (QED) is 0.454. The first-order valence-corrected chi connectivity index (χ1v) is 13.5. The van der Waals surface area contributed by atoms with Crippen molar-refractivity contribution in [1.82, 2.24) is 9.88 Å². The molecule has 3 aliphatic rings. The van der Waals surface area contributed by atoms with E-state index in [0.717, 1.165) is 55.4 Å². The van der Waals surface area contributed by atoms with Crippen LogP contribution in [0.5, 0.6) is 5.75 Å². The topological polar surface area (TPSA) is 72.9 Å². The minimum atomic E-state index is -1.25. The summed E-state index contributed by atoms with van der Waals surface area (Å²) >= 11 is 0. The summed E-state index contributed by atoms with van der Waals surface area (Å²) in [6.45, 7) is 4.69. The van der Waals surface area contributed by atoms with Crippen molar-refractivity contribution < 1.29 is 23.4 Å². The van der Waals surface area contributed by atoms with Crippen molar-refractivity contribution in [2.24, 2.45) is 5.92 Å². The van der Waals surface area contributed by atoms with Gasteiger partial charge in [-0.1, -0.05) is 18.2 Å². The van der Waals surface area contributed by atoms with Crippen molar-refractivity contribution in [3.63, 3.8) is 0 Å². The van der Waals surface area contributed by atoms with Crippen molar-refractivity contribution in [1.29, 1.82) is 0 Å². The van der Waals surface area contributed by atoms with E-state index in [-0.39, 0.29) is 18.3 Å². The number of carbonyl (C=O) groups is 1. The lowest BCUT2D eigenvalue weighted by Crippen LogP contribution is -2.33. The minimum Gasteiger partial charge on any atom is -0.493 e. The molecule has 0 amide bonds. The smallest absolute Gasteiger partial charge is 0.306 e. The normalized spacial score (nSPS) is 22.5. The summed E-state index contributed by atoms with van der Waals surface area (Å²) in [7, 11) is 1.41. The molecule has 0 spiro atoms. The van der Waals surface area contributed by atoms with Gasteiger partial charge in [-0.3, -0.25) is 9.69 Å². The number of carbonyl (C=O) groups excluding carboxylic acids is 1. The fourth-order valence-corrected chi connectivity index (χ4v) is 5.47. The number of alkyl halides is 1. The molecule has 4 heterocycles. The molecule has 8 heteroatoms. The molecule has 0 bridgehead atoms. The molecule has 0 saturated carbocycles. The third kappa shape index (κ3) is 6.79. The average molecular weight is 512 g/mol. The highest BCUT2D eigenvalue weighted by Gasteiger charge is 2.39. The molecule has 0 aliphatic carbocycles. The van der Waals surface area contributed by atoms with E-state index < -0.39 is 5.67 Å². The molecule has 37 heavy (non-hydrogen) atoms. The second-order valence-electron chi connectivity index (χ2n) is 10.7. The lowest BCUT2D eigenvalue weighted by atomic mass is 9.94. The van der Waals surface area contributed by atoms with E-state index in [9.17, 15) is 4.79 Å². The summed E-state index contributed by atoms with van der Waals surface area (Å²) in [4.78, 5) is 19.1. The fourth-order valence-electron chi connectivity index (χ4n) is 5.47. The zero-order valence-corrected chi connectivity index (χ0v) is 21.7. The Bertz CT molecular complexity index is 1080. The molecule has 0 radical (unpaired) electrons. The van der Waals surface area contributed by atoms with Gasteiger partial charge in [-0.15, -0.1) is 0 Å². The summed E-state index contributed by atoms with van der Waals surface area (Å²) in [6, 6.07) is 12.1. The van der Waals surface area contributed by atoms with Gasteiger partial charge >= 0.3 is 5.97 Å². The molecule has 3 aliphatic heterocycles. The molecule has 1 N–H and O–H groups in total. The summed E-state index contributed by atoms with van der Waals surface area (Å²) in [6.07, 6.45) is 3.99. The van der Waals surface area contributed by atoms with Crippen LogP contribution in [0.25, 0.3) is 0 Å². The number of fused-ring (bicyclic) bond motifs is 1. The first-order valence-electron chi connectivity index (χ1n) is 13.5. The van der Waals surface area contributed by atoms with Crippen LogP contribution < -0.4 is 10.1 Å². The second kappa shape index (κ2) is 11.8. The van der Waals surface area contributed by atoms with Crippen LogP contribution in [-0.4, -0.2) is 74.6 Å². The molecule has 1 unspecified atom stereocenters. The van der Waals surface area contributed by atoms with Crippen LogP contribution in [-0.2, 0) is 27.1 Å². The van der Waals surface area contributed by atoms with E-state index in [0.29, 0.717) is 51.4 Å². The van der Waals surface area contributed by atoms with Crippen molar-refractivity contribution >= 4 is 11.8 Å². The minimum absolute atomic E-state index is 0.0984. The molecule has 2 fully saturated rings. The van der Waals surface area contributed by atoms with Crippen molar-refractivity contribution in [2.75, 3.05) is 58.4 Å². The van der Waals surface area contributed by atoms with E-state index in [4.69, 9.17) is 19.2 Å². The summed E-state index contributed by atoms with van der Waals surface area (Å²) < 4.78 is 32.0. The van der Waals surface area contributed by atoms with Gasteiger partial charge in [0.2, 0.25) is 0 Å². The third-order valence-corrected chi connectivity index (χ3v) is 7.81. The molecule has 2 atom stereocenters. The lowest BCUT2D eigenvalue weighted by Gasteiger charge is -2.27. The van der Waals surface area contributed by atoms with E-state index in [2.05, 4.69) is 16.3 Å². The van der Waals surface area contributed by atoms with Gasteiger partial charge in [0, 0.05) is 43.7 Å². The van der Waals surface area contributed by atoms with Gasteiger partial charge in [0.15, 0.2) is 0 Å². The SMILES string of the molecule is COC(=O)CC(CN1CC[C@@](F)(CCc2ccc3c(n2)NCCC3)C1)c1cccc(OCC2COC2)c1. The number of aromatic nitrogens is 1. The predicted molar refractivity (Wildman–Crippen MR) is 140 cm³/mol. The van der Waals surface area contributed by atoms with Gasteiger partial charge in [-0.25, -0.2) is 9.37 Å². The zero-order chi connectivity index (χ0) is 25.7. The molecule has 1 aromatic heterocycles. The van der Waals surface area contributed by atoms with E-state index in [1.807, 2.05) is 30.3 Å². The highest BCUT2D eigenvalue weighted by Crippen LogP contribution is 2.34. The number of aryl methyl sites for hydroxylation is 2. The summed E-state index contributed by atoms with van der Waals surface area (Å²) in [5, 5.41) is 3.36. The number of hydrogen-bond donors (Lipinski definition) is 1. The number of likely N-dealkylation sites (tertiary alicyclic amines) is 1. The number of esters is 1. The monoisotopic (exact) mass is 511 g/mol. The van der Waals surface area contributed by atoms with E-state index >= 15 is 4.39 Å². The molecular formula is C29H38FN3O4. The Hall–Kier alpha value is -2.71. The fraction of sp³-hybridized carbons (Fsp3) is 0.586. The maximum atomic E-state index is 15.8. The molecule has 7 nitrogen and oxygen atoms in total. The number of hydrogen-bond acceptors (Lipinski definition) is 7. The average Bonchev–Trinajstić information content (AvgIpc) is 3.26. The Morgan fingerprint density at radius 1 is 1.32 bits per heavy atom. The molecule has 200 valence electrons. The van der Waals surface area contributed by atoms with Crippen molar-refractivity contribution in [3.8, 4) is 5.75 Å². The summed E-state index contributed by atoms with van der Waals surface area (Å²) in [5.41, 5.74) is 1.95. The molecule has 1 aromatic carbocycles. The lowest BCUT2D eigenvalue weighted by molar-refractivity contribution is -0.141. The number of benzene rings is 1. The van der Waals surface area contributed by atoms with Gasteiger partial charge < -0.3 is 19.5 Å². The Balaban J connectivity index is 1.19. The Morgan fingerprint density at radius 2 is 2.22 bits per heavy atom. The number of anilines is 1. The van der Waals surface area contributed by atoms with Crippen LogP contribution in [0, 0.1) is 5.92 Å². The van der Waals surface area contributed by atoms with Crippen molar-refractivity contribution in [3.05, 3.63) is 53.2 Å². The van der Waals surface area contributed by atoms with E-state index in [1.165, 1.54) is 12.7 Å². The first kappa shape index (κ1) is 25.9. The van der Waals surface area contributed by atoms with Gasteiger partial charge in [0.05, 0.1) is 33.4 Å². The van der Waals surface area contributed by atoms with Crippen LogP contribution in [0.4, 0.5) is 10.2 Å². The Labute approximate surface area is 218 Å². The molecular weight excluding hydrogens is 473 g/mol. The largest absolute Gasteiger partial charge is 0.493 e. The van der Waals surface area contributed by atoms with Gasteiger partial charge in [-0.2, -0.15) is 0 Å². The second-order valence-corrected chi connectivity index (χ2v) is 10.7. The van der Waals surface area contributed by atoms with E-state index in [1.54, 1.807) is 0 Å². The highest BCUT2D eigenvalue weighted by atomic mass is 19.1. The van der Waals surface area contributed by atoms with Crippen molar-refractivity contribution in [2.45, 2.75) is 50.1 Å². The van der Waals surface area contributed by atoms with Crippen LogP contribution in [0.2, 0.25) is 0 Å². The van der Waals surface area contributed by atoms with Gasteiger partial charge in [0.1, 0.15) is 17.2 Å². The standard InChI is InChI=1S/C29H38FN3O4/c1-35-27(34)15-24(23-4-2-6-26(14-23)37-19-21-17-36-18-21)16-33-13-11-29(30,20-33)10-9-25-8-7-22-5-3-12-31-28(22)32-25/h2,4,6-8,14,21,24H,3,5,9-13,15-20H2,1H3,(H,31,32)/t24?,29-/m0/s1. The zero-order valence-electron chi connectivity index (χ0n) is 21.7. The maximum absolute atomic E-state index is 15.8. The number of ether oxygens (including phenoxy) is 3. The highest BCUT2D eigenvalue weighted by molar-refractivity contribution is 5.70. The summed E-state index contributed by atoms with van der Waals surface area (Å²) in [5.74, 6) is 1.82. The Morgan fingerprint density at radius 3 is 3.03 bits per heavy atom. The molecule has 5 rings (SSSR count). The maximum Gasteiger partial charge on any atom is 0.306 e. The van der Waals surface area contributed by atoms with Gasteiger partial charge in [0.25, 0.3) is 0 Å². The molecule has 2 saturated heterocycles. The van der Waals surface area contributed by atoms with Crippen LogP contribution in [0.3, 0.4) is 0 Å². The van der Waals surface area contributed by atoms with Crippen LogP contribution in [0.1, 0.15) is 48.4 Å². The number of halogens is 1. The molecule has 2 aromatic rings. The Kier molecular flexibility index (Phi) is 8.25. The number of pyridine rings is 1. The number of methoxy groups -OCH3 is 1. The third-order valence-electron chi connectivity index (χ3n) is 7.81. The van der Waals surface area contributed by atoms with Crippen LogP contribution >= 0.6 is 0 Å². The van der Waals surface area contributed by atoms with Crippen LogP contribution in [0.15, 0.2) is 36.4 Å². The number of nitrogens with zero attached hydrogens (tertiary/aromatic N) is 2.